The van der Waals surface area contributed by atoms with Gasteiger partial charge in [0.05, 0.1) is 37.7 Å². The van der Waals surface area contributed by atoms with Crippen LogP contribution in [-0.4, -0.2) is 102 Å². The Morgan fingerprint density at radius 3 is 2.74 bits per heavy atom. The Labute approximate surface area is 248 Å². The zero-order chi connectivity index (χ0) is 29.8. The summed E-state index contributed by atoms with van der Waals surface area (Å²) >= 11 is 0. The number of amides is 1. The molecule has 4 heterocycles. The van der Waals surface area contributed by atoms with Crippen LogP contribution < -0.4 is 0 Å². The van der Waals surface area contributed by atoms with Crippen LogP contribution in [0.4, 0.5) is 0 Å². The van der Waals surface area contributed by atoms with Gasteiger partial charge in [-0.1, -0.05) is 44.7 Å². The maximum atomic E-state index is 14.3. The summed E-state index contributed by atoms with van der Waals surface area (Å²) in [5.74, 6) is 0.903. The lowest BCUT2D eigenvalue weighted by atomic mass is 9.83. The van der Waals surface area contributed by atoms with Crippen molar-refractivity contribution in [2.75, 3.05) is 39.8 Å². The highest BCUT2D eigenvalue weighted by Crippen LogP contribution is 2.34. The van der Waals surface area contributed by atoms with Gasteiger partial charge in [0.2, 0.25) is 18.0 Å². The average Bonchev–Trinajstić information content (AvgIpc) is 3.43. The molecule has 0 saturated carbocycles. The van der Waals surface area contributed by atoms with Crippen LogP contribution in [0.25, 0.3) is 0 Å². The second kappa shape index (κ2) is 13.3. The van der Waals surface area contributed by atoms with Crippen LogP contribution in [0.3, 0.4) is 0 Å². The fraction of sp³-hybridized carbons (Fsp3) is 0.562. The zero-order valence-electron chi connectivity index (χ0n) is 24.9. The van der Waals surface area contributed by atoms with E-state index >= 15 is 0 Å². The summed E-state index contributed by atoms with van der Waals surface area (Å²) in [6, 6.07) is 10.3. The SMILES string of the molecule is C=CC(=O)N1CCN(C2=NC(OCC3CCCN3C)N=C(C(=O)[C@@H]3OCc4ccccc4C3C)[C]2CC)CC1CC#N. The summed E-state index contributed by atoms with van der Waals surface area (Å²) in [6.45, 7) is 10.9. The van der Waals surface area contributed by atoms with Crippen molar-refractivity contribution in [3.63, 3.8) is 0 Å². The van der Waals surface area contributed by atoms with Crippen LogP contribution in [-0.2, 0) is 25.7 Å². The van der Waals surface area contributed by atoms with Crippen molar-refractivity contribution in [2.45, 2.75) is 76.6 Å². The summed E-state index contributed by atoms with van der Waals surface area (Å²) < 4.78 is 12.4. The third-order valence-electron chi connectivity index (χ3n) is 8.97. The lowest BCUT2D eigenvalue weighted by molar-refractivity contribution is -0.130. The van der Waals surface area contributed by atoms with Crippen LogP contribution in [0, 0.1) is 17.2 Å². The molecule has 4 aliphatic rings. The molecule has 0 aromatic heterocycles. The number of carbonyl (C=O) groups is 2. The second-order valence-electron chi connectivity index (χ2n) is 11.5. The average molecular weight is 574 g/mol. The van der Waals surface area contributed by atoms with Crippen LogP contribution in [0.15, 0.2) is 46.9 Å². The number of rotatable bonds is 8. The quantitative estimate of drug-likeness (QED) is 0.440. The lowest BCUT2D eigenvalue weighted by Gasteiger charge is -2.44. The van der Waals surface area contributed by atoms with Crippen molar-refractivity contribution in [1.29, 1.82) is 5.26 Å². The number of aliphatic imine (C=N–C) groups is 2. The molecule has 1 aromatic carbocycles. The van der Waals surface area contributed by atoms with Crippen LogP contribution in [0.2, 0.25) is 0 Å². The van der Waals surface area contributed by atoms with E-state index in [-0.39, 0.29) is 36.1 Å². The number of Topliss-reactive ketones (excluding diaryl/α,β-unsaturated/α-hetero) is 1. The third-order valence-corrected chi connectivity index (χ3v) is 8.97. The first-order valence-corrected chi connectivity index (χ1v) is 15.0. The summed E-state index contributed by atoms with van der Waals surface area (Å²) in [6.07, 6.45) is 2.64. The van der Waals surface area contributed by atoms with E-state index in [4.69, 9.17) is 19.5 Å². The summed E-state index contributed by atoms with van der Waals surface area (Å²) in [5, 5.41) is 9.51. The molecule has 0 N–H and O–H groups in total. The van der Waals surface area contributed by atoms with Gasteiger partial charge in [0.1, 0.15) is 17.7 Å². The standard InChI is InChI=1S/C32H41N6O4/c1-5-25-28(29(40)30-21(3)26-12-8-7-10-22(26)19-41-30)34-32(42-20-24-11-9-15-36(24)4)35-31(25)37-16-17-38(27(39)6-2)23(18-37)13-14-33/h6-8,10,12,21,23-24,30,32H,2,5,9,11,13,15-20H2,1,3-4H3/t21?,23?,24?,30-,32?/m1/s1. The van der Waals surface area contributed by atoms with Gasteiger partial charge in [-0.2, -0.15) is 5.26 Å². The van der Waals surface area contributed by atoms with Crippen molar-refractivity contribution < 1.29 is 19.1 Å². The van der Waals surface area contributed by atoms with Crippen molar-refractivity contribution in [3.8, 4) is 6.07 Å². The number of ketones is 1. The summed E-state index contributed by atoms with van der Waals surface area (Å²) in [7, 11) is 2.09. The Morgan fingerprint density at radius 2 is 2.02 bits per heavy atom. The molecule has 4 aliphatic heterocycles. The van der Waals surface area contributed by atoms with E-state index in [2.05, 4.69) is 35.6 Å². The van der Waals surface area contributed by atoms with Crippen LogP contribution in [0.1, 0.15) is 56.6 Å². The van der Waals surface area contributed by atoms with E-state index in [0.717, 1.165) is 36.4 Å². The van der Waals surface area contributed by atoms with E-state index < -0.39 is 12.5 Å². The van der Waals surface area contributed by atoms with Gasteiger partial charge in [0.25, 0.3) is 0 Å². The minimum Gasteiger partial charge on any atom is -0.365 e. The molecule has 2 saturated heterocycles. The van der Waals surface area contributed by atoms with E-state index in [1.165, 1.54) is 6.08 Å². The lowest BCUT2D eigenvalue weighted by Crippen LogP contribution is -2.58. The van der Waals surface area contributed by atoms with Crippen LogP contribution >= 0.6 is 0 Å². The van der Waals surface area contributed by atoms with Gasteiger partial charge in [-0.05, 0) is 50.1 Å². The smallest absolute Gasteiger partial charge is 0.247 e. The predicted molar refractivity (Wildman–Crippen MR) is 160 cm³/mol. The molecule has 0 bridgehead atoms. The predicted octanol–water partition coefficient (Wildman–Crippen LogP) is 3.10. The fourth-order valence-corrected chi connectivity index (χ4v) is 6.55. The fourth-order valence-electron chi connectivity index (χ4n) is 6.55. The van der Waals surface area contributed by atoms with Crippen molar-refractivity contribution >= 4 is 23.2 Å². The number of likely N-dealkylation sites (N-methyl/N-ethyl adjacent to an activating group) is 1. The van der Waals surface area contributed by atoms with Gasteiger partial charge in [-0.25, -0.2) is 9.98 Å². The molecule has 2 fully saturated rings. The minimum atomic E-state index is -0.864. The normalized spacial score (nSPS) is 28.5. The number of amidine groups is 1. The molecule has 5 rings (SSSR count). The summed E-state index contributed by atoms with van der Waals surface area (Å²) in [5.41, 5.74) is 2.56. The molecule has 223 valence electrons. The first-order chi connectivity index (χ1) is 20.4. The van der Waals surface area contributed by atoms with E-state index in [0.29, 0.717) is 50.8 Å². The maximum Gasteiger partial charge on any atom is 0.247 e. The molecule has 10 nitrogen and oxygen atoms in total. The van der Waals surface area contributed by atoms with Crippen molar-refractivity contribution in [3.05, 3.63) is 54.0 Å². The van der Waals surface area contributed by atoms with Gasteiger partial charge in [-0.3, -0.25) is 9.59 Å². The number of hydrogen-bond donors (Lipinski definition) is 0. The van der Waals surface area contributed by atoms with Crippen molar-refractivity contribution in [2.24, 2.45) is 9.98 Å². The Kier molecular flexibility index (Phi) is 9.51. The number of ether oxygens (including phenoxy) is 2. The van der Waals surface area contributed by atoms with Gasteiger partial charge >= 0.3 is 0 Å². The summed E-state index contributed by atoms with van der Waals surface area (Å²) in [4.78, 5) is 42.6. The molecule has 0 spiro atoms. The number of piperazine rings is 1. The van der Waals surface area contributed by atoms with Gasteiger partial charge in [-0.15, -0.1) is 0 Å². The largest absolute Gasteiger partial charge is 0.365 e. The molecule has 1 amide bonds. The maximum absolute atomic E-state index is 14.3. The monoisotopic (exact) mass is 573 g/mol. The molecule has 10 heteroatoms. The molecule has 42 heavy (non-hydrogen) atoms. The zero-order valence-corrected chi connectivity index (χ0v) is 24.9. The molecular formula is C32H41N6O4. The number of nitriles is 1. The molecule has 0 aliphatic carbocycles. The Bertz CT molecular complexity index is 1290. The molecule has 1 radical (unpaired) electrons. The topological polar surface area (TPSA) is 111 Å². The molecule has 5 atom stereocenters. The Balaban J connectivity index is 1.43. The van der Waals surface area contributed by atoms with Gasteiger partial charge in [0, 0.05) is 31.6 Å². The number of benzene rings is 1. The Hall–Kier alpha value is -3.39. The number of fused-ring (bicyclic) bond motifs is 1. The first-order valence-electron chi connectivity index (χ1n) is 15.0. The van der Waals surface area contributed by atoms with E-state index in [1.54, 1.807) is 4.90 Å². The molecule has 1 aromatic rings. The van der Waals surface area contributed by atoms with Gasteiger partial charge in [0.15, 0.2) is 0 Å². The number of hydrogen-bond acceptors (Lipinski definition) is 9. The van der Waals surface area contributed by atoms with Gasteiger partial charge < -0.3 is 24.2 Å². The second-order valence-corrected chi connectivity index (χ2v) is 11.5. The number of carbonyl (C=O) groups excluding carboxylic acids is 2. The minimum absolute atomic E-state index is 0.134. The van der Waals surface area contributed by atoms with E-state index in [9.17, 15) is 14.9 Å². The highest BCUT2D eigenvalue weighted by Gasteiger charge is 2.43. The van der Waals surface area contributed by atoms with Crippen LogP contribution in [0.5, 0.6) is 0 Å². The first kappa shape index (κ1) is 30.1. The van der Waals surface area contributed by atoms with Crippen molar-refractivity contribution in [1.82, 2.24) is 14.7 Å². The highest BCUT2D eigenvalue weighted by molar-refractivity contribution is 6.52. The highest BCUT2D eigenvalue weighted by atomic mass is 16.5. The van der Waals surface area contributed by atoms with E-state index in [1.807, 2.05) is 32.0 Å². The Morgan fingerprint density at radius 1 is 1.21 bits per heavy atom. The molecular weight excluding hydrogens is 532 g/mol. The number of nitrogens with zero attached hydrogens (tertiary/aromatic N) is 6. The molecule has 4 unspecified atom stereocenters. The third kappa shape index (κ3) is 6.05. The number of likely N-dealkylation sites (tertiary alicyclic amines) is 1.